The van der Waals surface area contributed by atoms with Crippen molar-refractivity contribution in [3.63, 3.8) is 0 Å². The van der Waals surface area contributed by atoms with Gasteiger partial charge in [0, 0.05) is 27.9 Å². The highest BCUT2D eigenvalue weighted by Gasteiger charge is 2.20. The molecule has 0 atom stereocenters. The van der Waals surface area contributed by atoms with Crippen molar-refractivity contribution >= 4 is 46.0 Å². The summed E-state index contributed by atoms with van der Waals surface area (Å²) in [5.41, 5.74) is 1.04. The maximum Gasteiger partial charge on any atom is 0.311 e. The number of rotatable bonds is 8. The van der Waals surface area contributed by atoms with Crippen molar-refractivity contribution in [3.05, 3.63) is 128 Å². The van der Waals surface area contributed by atoms with Crippen LogP contribution in [0.15, 0.2) is 107 Å². The summed E-state index contributed by atoms with van der Waals surface area (Å²) in [7, 11) is 0. The second kappa shape index (κ2) is 11.6. The van der Waals surface area contributed by atoms with Crippen molar-refractivity contribution < 1.29 is 14.5 Å². The number of nitrogens with zero attached hydrogens (tertiary/aromatic N) is 4. The van der Waals surface area contributed by atoms with Gasteiger partial charge < -0.3 is 10.1 Å². The molecule has 1 N–H and O–H groups in total. The number of amides is 1. The molecule has 1 heterocycles. The number of ether oxygens (including phenoxy) is 1. The number of hydrogen-bond acceptors (Lipinski definition) is 7. The third-order valence-electron chi connectivity index (χ3n) is 5.80. The van der Waals surface area contributed by atoms with E-state index in [4.69, 9.17) is 16.3 Å². The van der Waals surface area contributed by atoms with Crippen molar-refractivity contribution in [1.29, 1.82) is 0 Å². The van der Waals surface area contributed by atoms with E-state index in [1.807, 2.05) is 18.2 Å². The van der Waals surface area contributed by atoms with Gasteiger partial charge in [-0.3, -0.25) is 19.7 Å². The van der Waals surface area contributed by atoms with E-state index in [1.54, 1.807) is 60.7 Å². The number of hydrogen-bond donors (Lipinski definition) is 1. The number of carbonyl (C=O) groups is 1. The molecule has 5 rings (SSSR count). The number of fused-ring (bicyclic) bond motifs is 1. The molecule has 0 aliphatic heterocycles. The Morgan fingerprint density at radius 2 is 1.73 bits per heavy atom. The molecular formula is C29H20ClN5O5. The number of carbonyl (C=O) groups excluding carboxylic acids is 1. The van der Waals surface area contributed by atoms with Crippen molar-refractivity contribution in [2.24, 2.45) is 5.10 Å². The summed E-state index contributed by atoms with van der Waals surface area (Å²) >= 11 is 5.87. The van der Waals surface area contributed by atoms with Crippen molar-refractivity contribution in [2.75, 3.05) is 11.9 Å². The van der Waals surface area contributed by atoms with Crippen molar-refractivity contribution in [1.82, 2.24) is 9.66 Å². The van der Waals surface area contributed by atoms with E-state index in [2.05, 4.69) is 15.4 Å². The molecule has 0 radical (unpaired) electrons. The lowest BCUT2D eigenvalue weighted by Crippen LogP contribution is -2.21. The molecule has 5 aromatic rings. The average molecular weight is 554 g/mol. The summed E-state index contributed by atoms with van der Waals surface area (Å²) in [6.07, 6.45) is 1.27. The van der Waals surface area contributed by atoms with Gasteiger partial charge in [0.25, 0.3) is 11.5 Å². The molecular weight excluding hydrogens is 534 g/mol. The van der Waals surface area contributed by atoms with E-state index >= 15 is 0 Å². The fourth-order valence-electron chi connectivity index (χ4n) is 3.94. The summed E-state index contributed by atoms with van der Waals surface area (Å²) in [6.45, 7) is -0.513. The molecule has 0 aliphatic carbocycles. The standard InChI is InChI=1S/C29H20ClN5O5/c30-21-13-15-22(16-14-21)32-26(36)18-40-27-20(9-6-12-25(27)35(38)39)17-31-34-28(19-7-2-1-3-8-19)33-24-11-5-4-10-23(24)29(34)37/h1-17H,18H2,(H,32,36). The Hall–Kier alpha value is -5.35. The van der Waals surface area contributed by atoms with E-state index in [9.17, 15) is 19.7 Å². The highest BCUT2D eigenvalue weighted by molar-refractivity contribution is 6.30. The van der Waals surface area contributed by atoms with E-state index < -0.39 is 23.0 Å². The van der Waals surface area contributed by atoms with Crippen LogP contribution >= 0.6 is 11.6 Å². The minimum absolute atomic E-state index is 0.175. The van der Waals surface area contributed by atoms with Gasteiger partial charge in [0.05, 0.1) is 22.0 Å². The van der Waals surface area contributed by atoms with Gasteiger partial charge in [0.15, 0.2) is 12.4 Å². The third kappa shape index (κ3) is 5.71. The molecule has 11 heteroatoms. The molecule has 0 unspecified atom stereocenters. The first-order valence-electron chi connectivity index (χ1n) is 12.0. The van der Waals surface area contributed by atoms with Crippen molar-refractivity contribution in [2.45, 2.75) is 0 Å². The topological polar surface area (TPSA) is 129 Å². The highest BCUT2D eigenvalue weighted by atomic mass is 35.5. The SMILES string of the molecule is O=C(COc1c(C=Nn2c(-c3ccccc3)nc3ccccc3c2=O)cccc1[N+](=O)[O-])Nc1ccc(Cl)cc1. The number of nitro groups is 1. The monoisotopic (exact) mass is 553 g/mol. The van der Waals surface area contributed by atoms with Crippen LogP contribution in [0.5, 0.6) is 5.75 Å². The number of anilines is 1. The summed E-state index contributed by atoms with van der Waals surface area (Å²) in [5, 5.41) is 19.6. The van der Waals surface area contributed by atoms with Crippen LogP contribution in [0, 0.1) is 10.1 Å². The molecule has 10 nitrogen and oxygen atoms in total. The predicted molar refractivity (Wildman–Crippen MR) is 153 cm³/mol. The second-order valence-corrected chi connectivity index (χ2v) is 8.91. The minimum Gasteiger partial charge on any atom is -0.476 e. The van der Waals surface area contributed by atoms with E-state index in [-0.39, 0.29) is 22.8 Å². The smallest absolute Gasteiger partial charge is 0.311 e. The number of halogens is 1. The maximum absolute atomic E-state index is 13.4. The van der Waals surface area contributed by atoms with E-state index in [0.29, 0.717) is 27.2 Å². The van der Waals surface area contributed by atoms with Crippen molar-refractivity contribution in [3.8, 4) is 17.1 Å². The lowest BCUT2D eigenvalue weighted by molar-refractivity contribution is -0.385. The first-order valence-corrected chi connectivity index (χ1v) is 12.4. The molecule has 1 amide bonds. The van der Waals surface area contributed by atoms with Crippen LogP contribution < -0.4 is 15.6 Å². The zero-order chi connectivity index (χ0) is 28.1. The molecule has 0 fully saturated rings. The first-order chi connectivity index (χ1) is 19.4. The molecule has 0 spiro atoms. The van der Waals surface area contributed by atoms with Gasteiger partial charge in [-0.05, 0) is 42.5 Å². The molecule has 4 aromatic carbocycles. The predicted octanol–water partition coefficient (Wildman–Crippen LogP) is 5.52. The van der Waals surface area contributed by atoms with Crippen LogP contribution in [0.1, 0.15) is 5.56 Å². The quantitative estimate of drug-likeness (QED) is 0.153. The molecule has 40 heavy (non-hydrogen) atoms. The molecule has 1 aromatic heterocycles. The van der Waals surface area contributed by atoms with E-state index in [0.717, 1.165) is 4.68 Å². The molecule has 0 bridgehead atoms. The van der Waals surface area contributed by atoms with Crippen LogP contribution in [-0.2, 0) is 4.79 Å². The molecule has 0 aliphatic rings. The summed E-state index contributed by atoms with van der Waals surface area (Å²) in [5.74, 6) is -0.425. The Labute approximate surface area is 232 Å². The summed E-state index contributed by atoms with van der Waals surface area (Å²) in [4.78, 5) is 41.7. The Bertz CT molecular complexity index is 1800. The zero-order valence-corrected chi connectivity index (χ0v) is 21.5. The number of nitrogens with one attached hydrogen (secondary N) is 1. The van der Waals surface area contributed by atoms with Gasteiger partial charge in [-0.15, -0.1) is 0 Å². The largest absolute Gasteiger partial charge is 0.476 e. The van der Waals surface area contributed by atoms with Gasteiger partial charge >= 0.3 is 5.69 Å². The fraction of sp³-hybridized carbons (Fsp3) is 0.0345. The van der Waals surface area contributed by atoms with Crippen LogP contribution in [0.25, 0.3) is 22.3 Å². The van der Waals surface area contributed by atoms with Gasteiger partial charge in [-0.2, -0.15) is 9.78 Å². The van der Waals surface area contributed by atoms with Gasteiger partial charge in [-0.1, -0.05) is 60.1 Å². The van der Waals surface area contributed by atoms with Gasteiger partial charge in [-0.25, -0.2) is 4.98 Å². The molecule has 0 saturated heterocycles. The first kappa shape index (κ1) is 26.3. The second-order valence-electron chi connectivity index (χ2n) is 8.48. The van der Waals surface area contributed by atoms with Crippen LogP contribution in [0.4, 0.5) is 11.4 Å². The van der Waals surface area contributed by atoms with Crippen LogP contribution in [0.2, 0.25) is 5.02 Å². The number of benzene rings is 4. The fourth-order valence-corrected chi connectivity index (χ4v) is 4.06. The normalized spacial score (nSPS) is 11.0. The summed E-state index contributed by atoms with van der Waals surface area (Å²) < 4.78 is 6.75. The lowest BCUT2D eigenvalue weighted by atomic mass is 10.2. The molecule has 0 saturated carbocycles. The summed E-state index contributed by atoms with van der Waals surface area (Å²) in [6, 6.07) is 26.6. The minimum atomic E-state index is -0.622. The Balaban J connectivity index is 1.51. The highest BCUT2D eigenvalue weighted by Crippen LogP contribution is 2.30. The number of nitro benzene ring substituents is 1. The lowest BCUT2D eigenvalue weighted by Gasteiger charge is -2.11. The van der Waals surface area contributed by atoms with Gasteiger partial charge in [0.2, 0.25) is 5.75 Å². The maximum atomic E-state index is 13.4. The molecule has 198 valence electrons. The van der Waals surface area contributed by atoms with Gasteiger partial charge in [0.1, 0.15) is 0 Å². The van der Waals surface area contributed by atoms with Crippen LogP contribution in [0.3, 0.4) is 0 Å². The average Bonchev–Trinajstić information content (AvgIpc) is 2.97. The zero-order valence-electron chi connectivity index (χ0n) is 20.7. The van der Waals surface area contributed by atoms with Crippen LogP contribution in [-0.4, -0.2) is 33.3 Å². The van der Waals surface area contributed by atoms with E-state index in [1.165, 1.54) is 24.4 Å². The number of aromatic nitrogens is 2. The Morgan fingerprint density at radius 3 is 2.48 bits per heavy atom. The number of para-hydroxylation sites is 2. The third-order valence-corrected chi connectivity index (χ3v) is 6.05. The Morgan fingerprint density at radius 1 is 1.00 bits per heavy atom. The Kier molecular flexibility index (Phi) is 7.61.